The summed E-state index contributed by atoms with van der Waals surface area (Å²) in [6.07, 6.45) is 3.82. The standard InChI is InChI=1S/C10H14N2O3/c1-15-8-3-2-4-12-6-7(5-9(13)14)11-10(8)12/h6,8H,2-5H2,1H3,(H,13,14). The highest BCUT2D eigenvalue weighted by Crippen LogP contribution is 2.26. The Kier molecular flexibility index (Phi) is 2.73. The lowest BCUT2D eigenvalue weighted by molar-refractivity contribution is -0.136. The van der Waals surface area contributed by atoms with Crippen LogP contribution in [0, 0.1) is 0 Å². The van der Waals surface area contributed by atoms with Crippen LogP contribution in [0.1, 0.15) is 30.5 Å². The van der Waals surface area contributed by atoms with Crippen molar-refractivity contribution in [3.63, 3.8) is 0 Å². The fraction of sp³-hybridized carbons (Fsp3) is 0.600. The van der Waals surface area contributed by atoms with E-state index < -0.39 is 5.97 Å². The van der Waals surface area contributed by atoms with E-state index in [4.69, 9.17) is 9.84 Å². The van der Waals surface area contributed by atoms with E-state index in [0.29, 0.717) is 5.69 Å². The monoisotopic (exact) mass is 210 g/mol. The summed E-state index contributed by atoms with van der Waals surface area (Å²) in [5.41, 5.74) is 0.612. The van der Waals surface area contributed by atoms with Gasteiger partial charge in [0.15, 0.2) is 0 Å². The summed E-state index contributed by atoms with van der Waals surface area (Å²) < 4.78 is 7.30. The van der Waals surface area contributed by atoms with Gasteiger partial charge in [-0.25, -0.2) is 4.98 Å². The van der Waals surface area contributed by atoms with Gasteiger partial charge in [-0.3, -0.25) is 4.79 Å². The maximum absolute atomic E-state index is 10.6. The average molecular weight is 210 g/mol. The molecule has 1 aromatic heterocycles. The Labute approximate surface area is 87.7 Å². The molecule has 2 heterocycles. The number of hydrogen-bond donors (Lipinski definition) is 1. The van der Waals surface area contributed by atoms with Crippen molar-refractivity contribution < 1.29 is 14.6 Å². The molecule has 0 aromatic carbocycles. The maximum Gasteiger partial charge on any atom is 0.309 e. The minimum Gasteiger partial charge on any atom is -0.481 e. The second kappa shape index (κ2) is 4.02. The molecule has 1 aliphatic heterocycles. The van der Waals surface area contributed by atoms with Gasteiger partial charge >= 0.3 is 5.97 Å². The number of carboxylic acids is 1. The van der Waals surface area contributed by atoms with Gasteiger partial charge in [0.2, 0.25) is 0 Å². The number of ether oxygens (including phenoxy) is 1. The van der Waals surface area contributed by atoms with E-state index >= 15 is 0 Å². The molecular formula is C10H14N2O3. The fourth-order valence-corrected chi connectivity index (χ4v) is 1.96. The van der Waals surface area contributed by atoms with Crippen LogP contribution in [0.4, 0.5) is 0 Å². The first-order valence-electron chi connectivity index (χ1n) is 5.01. The molecule has 0 bridgehead atoms. The fourth-order valence-electron chi connectivity index (χ4n) is 1.96. The molecule has 0 spiro atoms. The largest absolute Gasteiger partial charge is 0.481 e. The van der Waals surface area contributed by atoms with Crippen molar-refractivity contribution in [1.29, 1.82) is 0 Å². The van der Waals surface area contributed by atoms with Crippen LogP contribution in [0.3, 0.4) is 0 Å². The van der Waals surface area contributed by atoms with Gasteiger partial charge in [-0.1, -0.05) is 0 Å². The molecule has 82 valence electrons. The number of carbonyl (C=O) groups is 1. The number of carboxylic acid groups (broad SMARTS) is 1. The van der Waals surface area contributed by atoms with Gasteiger partial charge in [0.25, 0.3) is 0 Å². The Bertz CT molecular complexity index is 373. The first-order valence-corrected chi connectivity index (χ1v) is 5.01. The second-order valence-electron chi connectivity index (χ2n) is 3.72. The molecule has 0 saturated carbocycles. The zero-order valence-electron chi connectivity index (χ0n) is 8.64. The first kappa shape index (κ1) is 10.2. The molecule has 1 unspecified atom stereocenters. The number of fused-ring (bicyclic) bond motifs is 1. The number of aromatic nitrogens is 2. The number of methoxy groups -OCH3 is 1. The number of nitrogens with zero attached hydrogens (tertiary/aromatic N) is 2. The molecule has 5 heteroatoms. The summed E-state index contributed by atoms with van der Waals surface area (Å²) in [6.45, 7) is 0.905. The normalized spacial score (nSPS) is 19.9. The number of hydrogen-bond acceptors (Lipinski definition) is 3. The molecule has 0 radical (unpaired) electrons. The number of rotatable bonds is 3. The van der Waals surface area contributed by atoms with E-state index in [1.807, 2.05) is 10.8 Å². The van der Waals surface area contributed by atoms with Crippen molar-refractivity contribution in [2.24, 2.45) is 0 Å². The van der Waals surface area contributed by atoms with Crippen LogP contribution < -0.4 is 0 Å². The minimum atomic E-state index is -0.848. The summed E-state index contributed by atoms with van der Waals surface area (Å²) in [5.74, 6) is 0.0133. The van der Waals surface area contributed by atoms with Crippen LogP contribution >= 0.6 is 0 Å². The van der Waals surface area contributed by atoms with Gasteiger partial charge < -0.3 is 14.4 Å². The van der Waals surface area contributed by atoms with Gasteiger partial charge in [0, 0.05) is 19.9 Å². The summed E-state index contributed by atoms with van der Waals surface area (Å²) in [6, 6.07) is 0. The molecule has 1 N–H and O–H groups in total. The first-order chi connectivity index (χ1) is 7.20. The molecule has 0 saturated heterocycles. The molecule has 15 heavy (non-hydrogen) atoms. The molecule has 0 fully saturated rings. The molecule has 1 aliphatic rings. The third kappa shape index (κ3) is 2.02. The smallest absolute Gasteiger partial charge is 0.309 e. The van der Waals surface area contributed by atoms with Crippen LogP contribution in [0.25, 0.3) is 0 Å². The van der Waals surface area contributed by atoms with Crippen molar-refractivity contribution in [3.8, 4) is 0 Å². The van der Waals surface area contributed by atoms with Crippen molar-refractivity contribution in [2.45, 2.75) is 31.9 Å². The topological polar surface area (TPSA) is 64.3 Å². The van der Waals surface area contributed by atoms with Gasteiger partial charge in [0.05, 0.1) is 12.1 Å². The Balaban J connectivity index is 2.25. The summed E-state index contributed by atoms with van der Waals surface area (Å²) in [5, 5.41) is 8.67. The Morgan fingerprint density at radius 1 is 1.80 bits per heavy atom. The number of aryl methyl sites for hydroxylation is 1. The minimum absolute atomic E-state index is 0.0151. The lowest BCUT2D eigenvalue weighted by Crippen LogP contribution is -2.16. The molecule has 2 rings (SSSR count). The Hall–Kier alpha value is -1.36. The van der Waals surface area contributed by atoms with Crippen LogP contribution in [0.5, 0.6) is 0 Å². The quantitative estimate of drug-likeness (QED) is 0.808. The Morgan fingerprint density at radius 3 is 3.27 bits per heavy atom. The predicted molar refractivity (Wildman–Crippen MR) is 52.6 cm³/mol. The predicted octanol–water partition coefficient (Wildman–Crippen LogP) is 0.991. The van der Waals surface area contributed by atoms with E-state index in [9.17, 15) is 4.79 Å². The molecule has 0 amide bonds. The van der Waals surface area contributed by atoms with E-state index in [-0.39, 0.29) is 12.5 Å². The second-order valence-corrected chi connectivity index (χ2v) is 3.72. The highest BCUT2D eigenvalue weighted by molar-refractivity contribution is 5.69. The summed E-state index contributed by atoms with van der Waals surface area (Å²) in [7, 11) is 1.66. The third-order valence-corrected chi connectivity index (χ3v) is 2.63. The van der Waals surface area contributed by atoms with Gasteiger partial charge in [-0.15, -0.1) is 0 Å². The van der Waals surface area contributed by atoms with Crippen molar-refractivity contribution in [3.05, 3.63) is 17.7 Å². The van der Waals surface area contributed by atoms with Crippen molar-refractivity contribution in [1.82, 2.24) is 9.55 Å². The zero-order valence-corrected chi connectivity index (χ0v) is 8.64. The average Bonchev–Trinajstić information content (AvgIpc) is 2.58. The Morgan fingerprint density at radius 2 is 2.60 bits per heavy atom. The maximum atomic E-state index is 10.6. The highest BCUT2D eigenvalue weighted by Gasteiger charge is 2.22. The molecular weight excluding hydrogens is 196 g/mol. The van der Waals surface area contributed by atoms with Crippen LogP contribution in [0.2, 0.25) is 0 Å². The number of aliphatic carboxylic acids is 1. The van der Waals surface area contributed by atoms with Gasteiger partial charge in [-0.05, 0) is 12.8 Å². The van der Waals surface area contributed by atoms with Crippen molar-refractivity contribution in [2.75, 3.05) is 7.11 Å². The SMILES string of the molecule is COC1CCCn2cc(CC(=O)O)nc21. The zero-order chi connectivity index (χ0) is 10.8. The molecule has 0 aliphatic carbocycles. The van der Waals surface area contributed by atoms with E-state index in [1.54, 1.807) is 7.11 Å². The molecule has 1 atom stereocenters. The summed E-state index contributed by atoms with van der Waals surface area (Å²) >= 11 is 0. The van der Waals surface area contributed by atoms with Gasteiger partial charge in [0.1, 0.15) is 11.9 Å². The van der Waals surface area contributed by atoms with E-state index in [1.165, 1.54) is 0 Å². The molecule has 1 aromatic rings. The third-order valence-electron chi connectivity index (χ3n) is 2.63. The lowest BCUT2D eigenvalue weighted by atomic mass is 10.1. The highest BCUT2D eigenvalue weighted by atomic mass is 16.5. The van der Waals surface area contributed by atoms with Crippen LogP contribution in [0.15, 0.2) is 6.20 Å². The van der Waals surface area contributed by atoms with E-state index in [2.05, 4.69) is 4.98 Å². The van der Waals surface area contributed by atoms with Crippen molar-refractivity contribution >= 4 is 5.97 Å². The van der Waals surface area contributed by atoms with Gasteiger partial charge in [-0.2, -0.15) is 0 Å². The van der Waals surface area contributed by atoms with Crippen LogP contribution in [-0.4, -0.2) is 27.7 Å². The lowest BCUT2D eigenvalue weighted by Gasteiger charge is -2.21. The van der Waals surface area contributed by atoms with E-state index in [0.717, 1.165) is 25.2 Å². The number of imidazole rings is 1. The molecule has 5 nitrogen and oxygen atoms in total. The summed E-state index contributed by atoms with van der Waals surface area (Å²) in [4.78, 5) is 14.9. The van der Waals surface area contributed by atoms with Crippen LogP contribution in [-0.2, 0) is 22.5 Å².